The van der Waals surface area contributed by atoms with Crippen molar-refractivity contribution in [1.29, 1.82) is 0 Å². The van der Waals surface area contributed by atoms with Crippen LogP contribution in [0.25, 0.3) is 0 Å². The molecule has 28 heavy (non-hydrogen) atoms. The Morgan fingerprint density at radius 3 is 2.50 bits per heavy atom. The van der Waals surface area contributed by atoms with Crippen LogP contribution in [-0.4, -0.2) is 31.5 Å². The first-order valence-electron chi connectivity index (χ1n) is 8.02. The first-order valence-corrected chi connectivity index (χ1v) is 8.77. The zero-order valence-corrected chi connectivity index (χ0v) is 16.1. The van der Waals surface area contributed by atoms with Gasteiger partial charge in [-0.2, -0.15) is 13.2 Å². The first kappa shape index (κ1) is 22.0. The van der Waals surface area contributed by atoms with E-state index in [4.69, 9.17) is 32.7 Å². The summed E-state index contributed by atoms with van der Waals surface area (Å²) < 4.78 is 52.1. The minimum absolute atomic E-state index is 0.0241. The van der Waals surface area contributed by atoms with E-state index in [9.17, 15) is 18.0 Å². The van der Waals surface area contributed by atoms with Gasteiger partial charge in [-0.3, -0.25) is 0 Å². The molecule has 0 spiro atoms. The average Bonchev–Trinajstić information content (AvgIpc) is 2.59. The number of hydrogen-bond acceptors (Lipinski definition) is 4. The number of benzene rings is 2. The monoisotopic (exact) mass is 437 g/mol. The number of alkyl halides is 3. The van der Waals surface area contributed by atoms with Gasteiger partial charge in [0.1, 0.15) is 23.9 Å². The van der Waals surface area contributed by atoms with Crippen LogP contribution in [0.5, 0.6) is 17.2 Å². The van der Waals surface area contributed by atoms with Crippen molar-refractivity contribution in [2.45, 2.75) is 19.2 Å². The minimum atomic E-state index is -4.61. The van der Waals surface area contributed by atoms with Crippen LogP contribution in [0.2, 0.25) is 10.0 Å². The van der Waals surface area contributed by atoms with Crippen molar-refractivity contribution in [3.8, 4) is 17.2 Å². The largest absolute Gasteiger partial charge is 0.490 e. The van der Waals surface area contributed by atoms with Gasteiger partial charge in [-0.25, -0.2) is 4.79 Å². The van der Waals surface area contributed by atoms with Crippen molar-refractivity contribution in [2.75, 3.05) is 13.2 Å². The highest BCUT2D eigenvalue weighted by molar-refractivity contribution is 6.32. The quantitative estimate of drug-likeness (QED) is 0.552. The number of carbonyl (C=O) groups is 1. The van der Waals surface area contributed by atoms with Gasteiger partial charge in [-0.15, -0.1) is 0 Å². The molecule has 1 atom stereocenters. The number of alkyl carbamates (subject to hydrolysis) is 1. The number of ether oxygens (including phenoxy) is 3. The van der Waals surface area contributed by atoms with Crippen LogP contribution in [0.4, 0.5) is 18.0 Å². The second-order valence-corrected chi connectivity index (χ2v) is 6.36. The van der Waals surface area contributed by atoms with Gasteiger partial charge >= 0.3 is 12.3 Å². The molecule has 2 aromatic rings. The zero-order chi connectivity index (χ0) is 20.7. The van der Waals surface area contributed by atoms with Crippen molar-refractivity contribution in [3.05, 3.63) is 52.5 Å². The Morgan fingerprint density at radius 2 is 1.86 bits per heavy atom. The van der Waals surface area contributed by atoms with Crippen LogP contribution < -0.4 is 14.8 Å². The molecule has 0 saturated carbocycles. The van der Waals surface area contributed by atoms with Gasteiger partial charge in [0, 0.05) is 11.1 Å². The molecule has 0 saturated heterocycles. The Labute approximate surface area is 169 Å². The molecule has 0 aliphatic carbocycles. The van der Waals surface area contributed by atoms with Crippen molar-refractivity contribution in [1.82, 2.24) is 5.32 Å². The second kappa shape index (κ2) is 9.75. The molecule has 152 valence electrons. The lowest BCUT2D eigenvalue weighted by molar-refractivity contribution is -0.197. The Hall–Kier alpha value is -2.32. The van der Waals surface area contributed by atoms with Gasteiger partial charge in [0.05, 0.1) is 11.6 Å². The van der Waals surface area contributed by atoms with E-state index < -0.39 is 18.4 Å². The molecule has 0 fully saturated rings. The van der Waals surface area contributed by atoms with Crippen LogP contribution in [0.1, 0.15) is 6.92 Å². The molecule has 1 amide bonds. The Morgan fingerprint density at radius 1 is 1.14 bits per heavy atom. The highest BCUT2D eigenvalue weighted by Gasteiger charge is 2.39. The van der Waals surface area contributed by atoms with Crippen molar-refractivity contribution in [2.24, 2.45) is 0 Å². The lowest BCUT2D eigenvalue weighted by Crippen LogP contribution is -2.37. The molecule has 5 nitrogen and oxygen atoms in total. The number of rotatable bonds is 7. The number of nitrogens with one attached hydrogen (secondary N) is 1. The van der Waals surface area contributed by atoms with Gasteiger partial charge in [-0.05, 0) is 37.3 Å². The number of amides is 1. The van der Waals surface area contributed by atoms with Crippen LogP contribution in [0, 0.1) is 0 Å². The molecule has 0 bridgehead atoms. The third-order valence-corrected chi connectivity index (χ3v) is 3.84. The molecule has 0 heterocycles. The van der Waals surface area contributed by atoms with Crippen LogP contribution in [0.3, 0.4) is 0 Å². The van der Waals surface area contributed by atoms with Crippen molar-refractivity contribution < 1.29 is 32.2 Å². The minimum Gasteiger partial charge on any atom is -0.490 e. The maximum atomic E-state index is 12.3. The summed E-state index contributed by atoms with van der Waals surface area (Å²) in [4.78, 5) is 11.3. The van der Waals surface area contributed by atoms with E-state index in [2.05, 4.69) is 10.1 Å². The SMILES string of the molecule is CC(OC(=O)NCCOc1ccc(Oc2cccc(Cl)c2)cc1Cl)C(F)(F)F. The fourth-order valence-electron chi connectivity index (χ4n) is 1.91. The number of halogens is 5. The Kier molecular flexibility index (Phi) is 7.65. The number of carbonyl (C=O) groups excluding carboxylic acids is 1. The third kappa shape index (κ3) is 7.01. The summed E-state index contributed by atoms with van der Waals surface area (Å²) in [5.74, 6) is 1.31. The summed E-state index contributed by atoms with van der Waals surface area (Å²) in [5.41, 5.74) is 0. The molecule has 0 aromatic heterocycles. The van der Waals surface area contributed by atoms with Crippen molar-refractivity contribution >= 4 is 29.3 Å². The Bertz CT molecular complexity index is 818. The normalized spacial score (nSPS) is 12.2. The second-order valence-electron chi connectivity index (χ2n) is 5.52. The molecule has 0 aliphatic rings. The predicted molar refractivity (Wildman–Crippen MR) is 98.5 cm³/mol. The summed E-state index contributed by atoms with van der Waals surface area (Å²) in [6, 6.07) is 11.5. The lowest BCUT2D eigenvalue weighted by atomic mass is 10.3. The molecular weight excluding hydrogens is 422 g/mol. The molecule has 0 aliphatic heterocycles. The summed E-state index contributed by atoms with van der Waals surface area (Å²) >= 11 is 12.0. The highest BCUT2D eigenvalue weighted by Crippen LogP contribution is 2.32. The molecule has 1 N–H and O–H groups in total. The molecule has 10 heteroatoms. The van der Waals surface area contributed by atoms with E-state index in [1.54, 1.807) is 36.4 Å². The van der Waals surface area contributed by atoms with Gasteiger partial charge in [0.15, 0.2) is 6.10 Å². The van der Waals surface area contributed by atoms with Crippen molar-refractivity contribution in [3.63, 3.8) is 0 Å². The maximum absolute atomic E-state index is 12.3. The summed E-state index contributed by atoms with van der Waals surface area (Å²) in [6.07, 6.45) is -8.00. The van der Waals surface area contributed by atoms with Crippen LogP contribution >= 0.6 is 23.2 Å². The standard InChI is InChI=1S/C18H16Cl2F3NO4/c1-11(18(21,22)23)27-17(25)24-7-8-26-16-6-5-14(10-15(16)20)28-13-4-2-3-12(19)9-13/h2-6,9-11H,7-8H2,1H3,(H,24,25). The van der Waals surface area contributed by atoms with E-state index in [-0.39, 0.29) is 18.2 Å². The van der Waals surface area contributed by atoms with E-state index in [1.807, 2.05) is 0 Å². The van der Waals surface area contributed by atoms with Gasteiger partial charge in [0.2, 0.25) is 0 Å². The Balaban J connectivity index is 1.79. The van der Waals surface area contributed by atoms with E-state index >= 15 is 0 Å². The van der Waals surface area contributed by atoms with Gasteiger partial charge in [-0.1, -0.05) is 29.3 Å². The molecular formula is C18H16Cl2F3NO4. The van der Waals surface area contributed by atoms with E-state index in [0.29, 0.717) is 22.3 Å². The molecule has 2 aromatic carbocycles. The maximum Gasteiger partial charge on any atom is 0.425 e. The highest BCUT2D eigenvalue weighted by atomic mass is 35.5. The lowest BCUT2D eigenvalue weighted by Gasteiger charge is -2.16. The predicted octanol–water partition coefficient (Wildman–Crippen LogP) is 5.84. The number of hydrogen-bond donors (Lipinski definition) is 1. The fourth-order valence-corrected chi connectivity index (χ4v) is 2.32. The summed E-state index contributed by atoms with van der Waals surface area (Å²) in [5, 5.41) is 2.94. The van der Waals surface area contributed by atoms with E-state index in [1.165, 1.54) is 6.07 Å². The summed E-state index contributed by atoms with van der Waals surface area (Å²) in [7, 11) is 0. The first-order chi connectivity index (χ1) is 13.1. The van der Waals surface area contributed by atoms with Gasteiger partial charge in [0.25, 0.3) is 0 Å². The molecule has 1 unspecified atom stereocenters. The third-order valence-electron chi connectivity index (χ3n) is 3.31. The van der Waals surface area contributed by atoms with Crippen LogP contribution in [-0.2, 0) is 4.74 Å². The molecule has 0 radical (unpaired) electrons. The molecule has 2 rings (SSSR count). The average molecular weight is 438 g/mol. The van der Waals surface area contributed by atoms with E-state index in [0.717, 1.165) is 6.92 Å². The van der Waals surface area contributed by atoms with Gasteiger partial charge < -0.3 is 19.5 Å². The zero-order valence-electron chi connectivity index (χ0n) is 14.6. The fraction of sp³-hybridized carbons (Fsp3) is 0.278. The topological polar surface area (TPSA) is 56.8 Å². The van der Waals surface area contributed by atoms with Crippen LogP contribution in [0.15, 0.2) is 42.5 Å². The summed E-state index contributed by atoms with van der Waals surface area (Å²) in [6.45, 7) is 0.646. The smallest absolute Gasteiger partial charge is 0.425 e.